The maximum absolute atomic E-state index is 3.79. The quantitative estimate of drug-likeness (QED) is 0.860. The van der Waals surface area contributed by atoms with E-state index in [0.29, 0.717) is 5.54 Å². The lowest BCUT2D eigenvalue weighted by atomic mass is 9.95. The maximum atomic E-state index is 3.79. The number of nitrogens with zero attached hydrogens (tertiary/aromatic N) is 1. The van der Waals surface area contributed by atoms with Gasteiger partial charge < -0.3 is 10.2 Å². The molecule has 1 saturated carbocycles. The second kappa shape index (κ2) is 4.58. The molecule has 0 spiro atoms. The van der Waals surface area contributed by atoms with E-state index < -0.39 is 0 Å². The molecule has 0 radical (unpaired) electrons. The molecule has 1 N–H and O–H groups in total. The molecular weight excluding hydrogens is 220 g/mol. The van der Waals surface area contributed by atoms with Gasteiger partial charge in [0.1, 0.15) is 0 Å². The zero-order valence-electron chi connectivity index (χ0n) is 11.6. The molecule has 98 valence electrons. The van der Waals surface area contributed by atoms with E-state index in [4.69, 9.17) is 0 Å². The van der Waals surface area contributed by atoms with Crippen molar-refractivity contribution in [3.8, 4) is 0 Å². The van der Waals surface area contributed by atoms with E-state index in [1.807, 2.05) is 0 Å². The standard InChI is InChI=1S/C16H24N2/c1-13-4-8-15(9-5-13)18-11-3-10-17-16(2,12-18)14-6-7-14/h4-5,8-9,14,17H,3,6-7,10-12H2,1-2H3. The molecule has 0 aromatic heterocycles. The van der Waals surface area contributed by atoms with E-state index in [1.165, 1.54) is 37.1 Å². The van der Waals surface area contributed by atoms with Gasteiger partial charge in [0.2, 0.25) is 0 Å². The summed E-state index contributed by atoms with van der Waals surface area (Å²) >= 11 is 0. The summed E-state index contributed by atoms with van der Waals surface area (Å²) in [6.45, 7) is 8.06. The molecule has 1 saturated heterocycles. The average Bonchev–Trinajstić information content (AvgIpc) is 3.17. The number of benzene rings is 1. The normalized spacial score (nSPS) is 29.1. The topological polar surface area (TPSA) is 15.3 Å². The molecule has 0 bridgehead atoms. The first-order valence-electron chi connectivity index (χ1n) is 7.24. The SMILES string of the molecule is Cc1ccc(N2CCCNC(C)(C3CC3)C2)cc1. The molecule has 1 atom stereocenters. The third kappa shape index (κ3) is 2.39. The zero-order valence-corrected chi connectivity index (χ0v) is 11.6. The van der Waals surface area contributed by atoms with Gasteiger partial charge in [0.15, 0.2) is 0 Å². The minimum Gasteiger partial charge on any atom is -0.370 e. The Morgan fingerprint density at radius 1 is 1.22 bits per heavy atom. The summed E-state index contributed by atoms with van der Waals surface area (Å²) in [6, 6.07) is 8.99. The number of hydrogen-bond donors (Lipinski definition) is 1. The van der Waals surface area contributed by atoms with Crippen LogP contribution in [0.15, 0.2) is 24.3 Å². The molecule has 1 unspecified atom stereocenters. The van der Waals surface area contributed by atoms with Crippen LogP contribution in [0, 0.1) is 12.8 Å². The number of hydrogen-bond acceptors (Lipinski definition) is 2. The van der Waals surface area contributed by atoms with Crippen LogP contribution in [-0.4, -0.2) is 25.2 Å². The predicted octanol–water partition coefficient (Wildman–Crippen LogP) is 2.96. The molecule has 3 rings (SSSR count). The average molecular weight is 244 g/mol. The van der Waals surface area contributed by atoms with E-state index in [2.05, 4.69) is 48.3 Å². The molecule has 0 amide bonds. The minimum atomic E-state index is 0.321. The summed E-state index contributed by atoms with van der Waals surface area (Å²) in [5.74, 6) is 0.892. The molecule has 2 heteroatoms. The van der Waals surface area contributed by atoms with Crippen LogP contribution in [-0.2, 0) is 0 Å². The van der Waals surface area contributed by atoms with Crippen LogP contribution in [0.5, 0.6) is 0 Å². The minimum absolute atomic E-state index is 0.321. The molecule has 1 heterocycles. The van der Waals surface area contributed by atoms with Crippen LogP contribution in [0.1, 0.15) is 31.7 Å². The third-order valence-corrected chi connectivity index (χ3v) is 4.53. The summed E-state index contributed by atoms with van der Waals surface area (Å²) in [5, 5.41) is 3.79. The Morgan fingerprint density at radius 3 is 2.61 bits per heavy atom. The fourth-order valence-electron chi connectivity index (χ4n) is 3.15. The van der Waals surface area contributed by atoms with Crippen molar-refractivity contribution < 1.29 is 0 Å². The third-order valence-electron chi connectivity index (χ3n) is 4.53. The largest absolute Gasteiger partial charge is 0.370 e. The number of aryl methyl sites for hydroxylation is 1. The van der Waals surface area contributed by atoms with Gasteiger partial charge in [-0.2, -0.15) is 0 Å². The van der Waals surface area contributed by atoms with Crippen LogP contribution < -0.4 is 10.2 Å². The monoisotopic (exact) mass is 244 g/mol. The van der Waals surface area contributed by atoms with Gasteiger partial charge in [0, 0.05) is 24.3 Å². The summed E-state index contributed by atoms with van der Waals surface area (Å²) in [7, 11) is 0. The van der Waals surface area contributed by atoms with E-state index >= 15 is 0 Å². The van der Waals surface area contributed by atoms with Crippen LogP contribution >= 0.6 is 0 Å². The highest BCUT2D eigenvalue weighted by Crippen LogP contribution is 2.41. The molecular formula is C16H24N2. The zero-order chi connectivity index (χ0) is 12.6. The van der Waals surface area contributed by atoms with Gasteiger partial charge in [-0.05, 0) is 57.7 Å². The van der Waals surface area contributed by atoms with Crippen molar-refractivity contribution in [1.29, 1.82) is 0 Å². The van der Waals surface area contributed by atoms with Crippen molar-refractivity contribution in [2.24, 2.45) is 5.92 Å². The van der Waals surface area contributed by atoms with Crippen molar-refractivity contribution in [3.05, 3.63) is 29.8 Å². The van der Waals surface area contributed by atoms with Gasteiger partial charge >= 0.3 is 0 Å². The Morgan fingerprint density at radius 2 is 1.94 bits per heavy atom. The lowest BCUT2D eigenvalue weighted by Crippen LogP contribution is -2.51. The first-order valence-corrected chi connectivity index (χ1v) is 7.24. The van der Waals surface area contributed by atoms with E-state index in [0.717, 1.165) is 19.0 Å². The highest BCUT2D eigenvalue weighted by atomic mass is 15.2. The summed E-state index contributed by atoms with van der Waals surface area (Å²) in [5.41, 5.74) is 3.05. The fourth-order valence-corrected chi connectivity index (χ4v) is 3.15. The lowest BCUT2D eigenvalue weighted by molar-refractivity contribution is 0.331. The number of anilines is 1. The molecule has 1 aliphatic carbocycles. The predicted molar refractivity (Wildman–Crippen MR) is 77.1 cm³/mol. The van der Waals surface area contributed by atoms with Gasteiger partial charge in [0.25, 0.3) is 0 Å². The first kappa shape index (κ1) is 12.0. The molecule has 1 aromatic carbocycles. The van der Waals surface area contributed by atoms with Crippen molar-refractivity contribution in [1.82, 2.24) is 5.32 Å². The second-order valence-electron chi connectivity index (χ2n) is 6.23. The fraction of sp³-hybridized carbons (Fsp3) is 0.625. The van der Waals surface area contributed by atoms with Crippen LogP contribution in [0.4, 0.5) is 5.69 Å². The van der Waals surface area contributed by atoms with Gasteiger partial charge in [0.05, 0.1) is 0 Å². The van der Waals surface area contributed by atoms with Crippen LogP contribution in [0.3, 0.4) is 0 Å². The highest BCUT2D eigenvalue weighted by Gasteiger charge is 2.42. The van der Waals surface area contributed by atoms with Crippen molar-refractivity contribution in [2.45, 2.75) is 38.6 Å². The lowest BCUT2D eigenvalue weighted by Gasteiger charge is -2.35. The van der Waals surface area contributed by atoms with Gasteiger partial charge in [-0.1, -0.05) is 17.7 Å². The Balaban J connectivity index is 1.80. The Labute approximate surface area is 110 Å². The van der Waals surface area contributed by atoms with Crippen LogP contribution in [0.25, 0.3) is 0 Å². The molecule has 1 aliphatic heterocycles. The van der Waals surface area contributed by atoms with Gasteiger partial charge in [-0.3, -0.25) is 0 Å². The summed E-state index contributed by atoms with van der Waals surface area (Å²) < 4.78 is 0. The Bertz CT molecular complexity index is 408. The van der Waals surface area contributed by atoms with Gasteiger partial charge in [-0.15, -0.1) is 0 Å². The number of rotatable bonds is 2. The van der Waals surface area contributed by atoms with E-state index in [-0.39, 0.29) is 0 Å². The van der Waals surface area contributed by atoms with Crippen molar-refractivity contribution >= 4 is 5.69 Å². The van der Waals surface area contributed by atoms with Crippen LogP contribution in [0.2, 0.25) is 0 Å². The highest BCUT2D eigenvalue weighted by molar-refractivity contribution is 5.48. The summed E-state index contributed by atoms with van der Waals surface area (Å²) in [4.78, 5) is 2.57. The van der Waals surface area contributed by atoms with Crippen molar-refractivity contribution in [2.75, 3.05) is 24.5 Å². The van der Waals surface area contributed by atoms with Gasteiger partial charge in [-0.25, -0.2) is 0 Å². The molecule has 2 fully saturated rings. The smallest absolute Gasteiger partial charge is 0.0367 e. The molecule has 2 nitrogen and oxygen atoms in total. The first-order chi connectivity index (χ1) is 8.67. The molecule has 1 aromatic rings. The van der Waals surface area contributed by atoms with E-state index in [9.17, 15) is 0 Å². The van der Waals surface area contributed by atoms with Crippen molar-refractivity contribution in [3.63, 3.8) is 0 Å². The molecule has 18 heavy (non-hydrogen) atoms. The second-order valence-corrected chi connectivity index (χ2v) is 6.23. The Kier molecular flexibility index (Phi) is 3.06. The molecule has 2 aliphatic rings. The Hall–Kier alpha value is -1.02. The summed E-state index contributed by atoms with van der Waals surface area (Å²) in [6.07, 6.45) is 4.06. The number of nitrogens with one attached hydrogen (secondary N) is 1. The van der Waals surface area contributed by atoms with E-state index in [1.54, 1.807) is 0 Å². The maximum Gasteiger partial charge on any atom is 0.0367 e.